The van der Waals surface area contributed by atoms with Crippen molar-refractivity contribution in [3.63, 3.8) is 0 Å². The van der Waals surface area contributed by atoms with Gasteiger partial charge in [-0.15, -0.1) is 0 Å². The van der Waals surface area contributed by atoms with Crippen molar-refractivity contribution in [3.05, 3.63) is 35.9 Å². The van der Waals surface area contributed by atoms with Crippen LogP contribution in [0.5, 0.6) is 0 Å². The molecule has 2 nitrogen and oxygen atoms in total. The van der Waals surface area contributed by atoms with Crippen molar-refractivity contribution in [2.75, 3.05) is 0 Å². The summed E-state index contributed by atoms with van der Waals surface area (Å²) in [5, 5.41) is 0. The third-order valence-electron chi connectivity index (χ3n) is 1.95. The number of aliphatic imine (C=N–C) groups is 1. The van der Waals surface area contributed by atoms with Crippen molar-refractivity contribution in [2.24, 2.45) is 4.99 Å². The van der Waals surface area contributed by atoms with Gasteiger partial charge in [0.1, 0.15) is 0 Å². The second-order valence-electron chi connectivity index (χ2n) is 3.21. The van der Waals surface area contributed by atoms with Gasteiger partial charge in [0.05, 0.1) is 0 Å². The second-order valence-corrected chi connectivity index (χ2v) is 3.21. The number of carbonyl (C=O) groups excluding carboxylic acids is 1. The standard InChI is InChI=1S/C12H15NO/c1-3-7-12(14)13-10(2)11-8-5-4-6-9-11/h4-6,8-9H,3,7H2,1-2H3. The van der Waals surface area contributed by atoms with Crippen molar-refractivity contribution < 1.29 is 4.79 Å². The van der Waals surface area contributed by atoms with Gasteiger partial charge in [0.15, 0.2) is 0 Å². The Hall–Kier alpha value is -1.44. The molecule has 0 radical (unpaired) electrons. The van der Waals surface area contributed by atoms with E-state index in [0.29, 0.717) is 6.42 Å². The van der Waals surface area contributed by atoms with Crippen LogP contribution < -0.4 is 0 Å². The number of amides is 1. The molecule has 1 rings (SSSR count). The Morgan fingerprint density at radius 2 is 1.93 bits per heavy atom. The van der Waals surface area contributed by atoms with Gasteiger partial charge in [0, 0.05) is 12.1 Å². The molecule has 14 heavy (non-hydrogen) atoms. The molecule has 0 atom stereocenters. The summed E-state index contributed by atoms with van der Waals surface area (Å²) in [5.74, 6) is -0.0335. The van der Waals surface area contributed by atoms with Crippen molar-refractivity contribution in [1.82, 2.24) is 0 Å². The number of hydrogen-bond acceptors (Lipinski definition) is 1. The lowest BCUT2D eigenvalue weighted by molar-refractivity contribution is -0.117. The number of nitrogens with zero attached hydrogens (tertiary/aromatic N) is 1. The molecule has 2 heteroatoms. The van der Waals surface area contributed by atoms with Crippen molar-refractivity contribution in [2.45, 2.75) is 26.7 Å². The maximum absolute atomic E-state index is 11.2. The molecule has 0 spiro atoms. The minimum atomic E-state index is -0.0335. The summed E-state index contributed by atoms with van der Waals surface area (Å²) in [4.78, 5) is 15.3. The first-order valence-electron chi connectivity index (χ1n) is 4.87. The van der Waals surface area contributed by atoms with E-state index < -0.39 is 0 Å². The van der Waals surface area contributed by atoms with Crippen LogP contribution in [-0.2, 0) is 4.79 Å². The highest BCUT2D eigenvalue weighted by atomic mass is 16.1. The first kappa shape index (κ1) is 10.6. The van der Waals surface area contributed by atoms with Crippen LogP contribution in [0.15, 0.2) is 35.3 Å². The Balaban J connectivity index is 2.75. The molecule has 0 saturated carbocycles. The van der Waals surface area contributed by atoms with Crippen LogP contribution in [0.2, 0.25) is 0 Å². The molecule has 0 saturated heterocycles. The smallest absolute Gasteiger partial charge is 0.245 e. The Labute approximate surface area is 84.7 Å². The van der Waals surface area contributed by atoms with Gasteiger partial charge in [-0.3, -0.25) is 4.79 Å². The first-order chi connectivity index (χ1) is 6.74. The third-order valence-corrected chi connectivity index (χ3v) is 1.95. The zero-order valence-electron chi connectivity index (χ0n) is 8.66. The van der Waals surface area contributed by atoms with E-state index in [0.717, 1.165) is 17.7 Å². The van der Waals surface area contributed by atoms with Crippen LogP contribution in [-0.4, -0.2) is 11.6 Å². The van der Waals surface area contributed by atoms with Crippen molar-refractivity contribution >= 4 is 11.6 Å². The minimum Gasteiger partial charge on any atom is -0.273 e. The van der Waals surface area contributed by atoms with E-state index in [9.17, 15) is 4.79 Å². The molecular formula is C12H15NO. The van der Waals surface area contributed by atoms with Gasteiger partial charge in [0.2, 0.25) is 5.91 Å². The van der Waals surface area contributed by atoms with E-state index in [-0.39, 0.29) is 5.91 Å². The van der Waals surface area contributed by atoms with Crippen LogP contribution in [0.3, 0.4) is 0 Å². The highest BCUT2D eigenvalue weighted by Crippen LogP contribution is 2.02. The van der Waals surface area contributed by atoms with Gasteiger partial charge in [-0.25, -0.2) is 4.99 Å². The molecule has 0 aliphatic carbocycles. The Morgan fingerprint density at radius 3 is 2.50 bits per heavy atom. The van der Waals surface area contributed by atoms with Gasteiger partial charge in [0.25, 0.3) is 0 Å². The maximum atomic E-state index is 11.2. The monoisotopic (exact) mass is 189 g/mol. The van der Waals surface area contributed by atoms with E-state index in [1.165, 1.54) is 0 Å². The zero-order chi connectivity index (χ0) is 10.4. The van der Waals surface area contributed by atoms with Gasteiger partial charge >= 0.3 is 0 Å². The molecular weight excluding hydrogens is 174 g/mol. The summed E-state index contributed by atoms with van der Waals surface area (Å²) < 4.78 is 0. The molecule has 1 aromatic carbocycles. The molecule has 0 N–H and O–H groups in total. The van der Waals surface area contributed by atoms with E-state index in [4.69, 9.17) is 0 Å². The fourth-order valence-electron chi connectivity index (χ4n) is 1.20. The normalized spacial score (nSPS) is 11.4. The number of rotatable bonds is 3. The van der Waals surface area contributed by atoms with Gasteiger partial charge in [-0.1, -0.05) is 37.3 Å². The summed E-state index contributed by atoms with van der Waals surface area (Å²) in [5.41, 5.74) is 1.81. The Bertz CT molecular complexity index is 327. The lowest BCUT2D eigenvalue weighted by Gasteiger charge is -1.98. The summed E-state index contributed by atoms with van der Waals surface area (Å²) in [7, 11) is 0. The summed E-state index contributed by atoms with van der Waals surface area (Å²) >= 11 is 0. The summed E-state index contributed by atoms with van der Waals surface area (Å²) in [6.07, 6.45) is 1.38. The average Bonchev–Trinajstić information content (AvgIpc) is 2.19. The largest absolute Gasteiger partial charge is 0.273 e. The fraction of sp³-hybridized carbons (Fsp3) is 0.333. The van der Waals surface area contributed by atoms with Crippen LogP contribution in [0.1, 0.15) is 32.3 Å². The molecule has 0 fully saturated rings. The van der Waals surface area contributed by atoms with Gasteiger partial charge < -0.3 is 0 Å². The molecule has 0 aromatic heterocycles. The highest BCUT2D eigenvalue weighted by Gasteiger charge is 2.00. The van der Waals surface area contributed by atoms with E-state index in [1.807, 2.05) is 44.2 Å². The van der Waals surface area contributed by atoms with Crippen LogP contribution in [0.4, 0.5) is 0 Å². The topological polar surface area (TPSA) is 29.4 Å². The summed E-state index contributed by atoms with van der Waals surface area (Å²) in [6, 6.07) is 9.75. The molecule has 0 unspecified atom stereocenters. The number of hydrogen-bond donors (Lipinski definition) is 0. The average molecular weight is 189 g/mol. The number of benzene rings is 1. The molecule has 1 aromatic rings. The molecule has 1 amide bonds. The lowest BCUT2D eigenvalue weighted by atomic mass is 10.1. The fourth-order valence-corrected chi connectivity index (χ4v) is 1.20. The SMILES string of the molecule is CCCC(=O)N=C(C)c1ccccc1. The first-order valence-corrected chi connectivity index (χ1v) is 4.87. The zero-order valence-corrected chi connectivity index (χ0v) is 8.66. The van der Waals surface area contributed by atoms with Crippen LogP contribution in [0.25, 0.3) is 0 Å². The quantitative estimate of drug-likeness (QED) is 0.672. The van der Waals surface area contributed by atoms with Crippen molar-refractivity contribution in [3.8, 4) is 0 Å². The van der Waals surface area contributed by atoms with Crippen LogP contribution in [0, 0.1) is 0 Å². The minimum absolute atomic E-state index is 0.0335. The molecule has 74 valence electrons. The van der Waals surface area contributed by atoms with Gasteiger partial charge in [-0.2, -0.15) is 0 Å². The van der Waals surface area contributed by atoms with E-state index in [2.05, 4.69) is 4.99 Å². The predicted octanol–water partition coefficient (Wildman–Crippen LogP) is 2.82. The third kappa shape index (κ3) is 3.13. The summed E-state index contributed by atoms with van der Waals surface area (Å²) in [6.45, 7) is 3.84. The predicted molar refractivity (Wildman–Crippen MR) is 58.6 cm³/mol. The molecule has 0 heterocycles. The van der Waals surface area contributed by atoms with Gasteiger partial charge in [-0.05, 0) is 18.9 Å². The molecule has 0 aliphatic heterocycles. The maximum Gasteiger partial charge on any atom is 0.245 e. The van der Waals surface area contributed by atoms with Crippen LogP contribution >= 0.6 is 0 Å². The number of carbonyl (C=O) groups is 1. The molecule has 0 bridgehead atoms. The highest BCUT2D eigenvalue weighted by molar-refractivity contribution is 6.04. The molecule has 0 aliphatic rings. The van der Waals surface area contributed by atoms with E-state index >= 15 is 0 Å². The van der Waals surface area contributed by atoms with Crippen molar-refractivity contribution in [1.29, 1.82) is 0 Å². The Morgan fingerprint density at radius 1 is 1.29 bits per heavy atom. The van der Waals surface area contributed by atoms with E-state index in [1.54, 1.807) is 0 Å². The lowest BCUT2D eigenvalue weighted by Crippen LogP contribution is -2.00. The second kappa shape index (κ2) is 5.32. The Kier molecular flexibility index (Phi) is 4.05.